The van der Waals surface area contributed by atoms with Gasteiger partial charge < -0.3 is 5.32 Å². The van der Waals surface area contributed by atoms with Gasteiger partial charge in [0.2, 0.25) is 0 Å². The van der Waals surface area contributed by atoms with Crippen molar-refractivity contribution in [2.75, 3.05) is 7.05 Å². The summed E-state index contributed by atoms with van der Waals surface area (Å²) in [6.45, 7) is 2.34. The van der Waals surface area contributed by atoms with Crippen molar-refractivity contribution in [1.82, 2.24) is 10.2 Å². The third kappa shape index (κ3) is 2.64. The number of fused-ring (bicyclic) bond motifs is 2. The minimum Gasteiger partial charge on any atom is -0.317 e. The molecule has 2 heteroatoms. The molecule has 3 rings (SSSR count). The zero-order valence-corrected chi connectivity index (χ0v) is 12.9. The van der Waals surface area contributed by atoms with E-state index in [9.17, 15) is 0 Å². The van der Waals surface area contributed by atoms with Crippen LogP contribution in [0.5, 0.6) is 0 Å². The first kappa shape index (κ1) is 14.1. The summed E-state index contributed by atoms with van der Waals surface area (Å²) in [7, 11) is 2.13. The average molecular weight is 272 g/mol. The van der Waals surface area contributed by atoms with Gasteiger partial charge in [0, 0.05) is 24.2 Å². The molecule has 2 aliphatic heterocycles. The van der Waals surface area contributed by atoms with E-state index in [1.54, 1.807) is 0 Å². The van der Waals surface area contributed by atoms with Crippen LogP contribution in [-0.4, -0.2) is 30.1 Å². The molecule has 1 aromatic rings. The van der Waals surface area contributed by atoms with Crippen molar-refractivity contribution in [3.05, 3.63) is 35.9 Å². The second-order valence-electron chi connectivity index (χ2n) is 6.48. The Labute approximate surface area is 123 Å². The van der Waals surface area contributed by atoms with Gasteiger partial charge in [-0.2, -0.15) is 0 Å². The van der Waals surface area contributed by atoms with Crippen LogP contribution in [0.25, 0.3) is 0 Å². The smallest absolute Gasteiger partial charge is 0.0351 e. The molecule has 2 aliphatic rings. The maximum Gasteiger partial charge on any atom is 0.0351 e. The van der Waals surface area contributed by atoms with Gasteiger partial charge in [-0.25, -0.2) is 0 Å². The molecule has 0 amide bonds. The molecule has 2 nitrogen and oxygen atoms in total. The van der Waals surface area contributed by atoms with E-state index in [0.29, 0.717) is 6.04 Å². The van der Waals surface area contributed by atoms with Crippen molar-refractivity contribution < 1.29 is 0 Å². The van der Waals surface area contributed by atoms with E-state index < -0.39 is 0 Å². The normalized spacial score (nSPS) is 32.0. The van der Waals surface area contributed by atoms with Crippen molar-refractivity contribution in [1.29, 1.82) is 0 Å². The minimum absolute atomic E-state index is 0.615. The Balaban J connectivity index is 1.84. The second-order valence-corrected chi connectivity index (χ2v) is 6.48. The molecule has 0 spiro atoms. The van der Waals surface area contributed by atoms with E-state index in [0.717, 1.165) is 18.1 Å². The molecule has 1 aromatic carbocycles. The molecule has 2 heterocycles. The van der Waals surface area contributed by atoms with Crippen LogP contribution < -0.4 is 5.32 Å². The van der Waals surface area contributed by atoms with Crippen LogP contribution in [0.3, 0.4) is 0 Å². The van der Waals surface area contributed by atoms with Gasteiger partial charge in [0.1, 0.15) is 0 Å². The third-order valence-electron chi connectivity index (χ3n) is 5.37. The zero-order chi connectivity index (χ0) is 13.9. The SMILES string of the molecule is CCC(c1ccccc1)N1C2CCCC1CC(NC)C2. The number of hydrogen-bond acceptors (Lipinski definition) is 2. The molecule has 1 N–H and O–H groups in total. The Hall–Kier alpha value is -0.860. The maximum absolute atomic E-state index is 3.52. The van der Waals surface area contributed by atoms with Gasteiger partial charge in [-0.1, -0.05) is 43.7 Å². The van der Waals surface area contributed by atoms with Crippen molar-refractivity contribution in [3.8, 4) is 0 Å². The molecule has 20 heavy (non-hydrogen) atoms. The lowest BCUT2D eigenvalue weighted by atomic mass is 9.79. The largest absolute Gasteiger partial charge is 0.317 e. The van der Waals surface area contributed by atoms with Crippen LogP contribution in [-0.2, 0) is 0 Å². The summed E-state index contributed by atoms with van der Waals surface area (Å²) in [5, 5.41) is 3.52. The van der Waals surface area contributed by atoms with Gasteiger partial charge in [-0.3, -0.25) is 4.90 Å². The molecule has 0 aliphatic carbocycles. The van der Waals surface area contributed by atoms with E-state index in [2.05, 4.69) is 54.5 Å². The van der Waals surface area contributed by atoms with E-state index in [1.807, 2.05) is 0 Å². The summed E-state index contributed by atoms with van der Waals surface area (Å²) in [6, 6.07) is 14.0. The first-order valence-electron chi connectivity index (χ1n) is 8.33. The highest BCUT2D eigenvalue weighted by Gasteiger charge is 2.40. The molecule has 0 saturated carbocycles. The Bertz CT molecular complexity index is 403. The highest BCUT2D eigenvalue weighted by atomic mass is 15.2. The predicted molar refractivity (Wildman–Crippen MR) is 84.8 cm³/mol. The van der Waals surface area contributed by atoms with E-state index in [-0.39, 0.29) is 0 Å². The van der Waals surface area contributed by atoms with Gasteiger partial charge in [0.05, 0.1) is 0 Å². The lowest BCUT2D eigenvalue weighted by Gasteiger charge is -2.52. The second kappa shape index (κ2) is 6.28. The summed E-state index contributed by atoms with van der Waals surface area (Å²) >= 11 is 0. The highest BCUT2D eigenvalue weighted by molar-refractivity contribution is 5.20. The molecule has 0 aromatic heterocycles. The summed E-state index contributed by atoms with van der Waals surface area (Å²) in [5.41, 5.74) is 1.51. The number of piperidine rings is 2. The van der Waals surface area contributed by atoms with Gasteiger partial charge >= 0.3 is 0 Å². The molecule has 2 saturated heterocycles. The highest BCUT2D eigenvalue weighted by Crippen LogP contribution is 2.41. The van der Waals surface area contributed by atoms with Crippen LogP contribution in [0.15, 0.2) is 30.3 Å². The molecule has 2 fully saturated rings. The van der Waals surface area contributed by atoms with E-state index >= 15 is 0 Å². The van der Waals surface area contributed by atoms with Crippen LogP contribution in [0.2, 0.25) is 0 Å². The van der Waals surface area contributed by atoms with Crippen molar-refractivity contribution in [3.63, 3.8) is 0 Å². The third-order valence-corrected chi connectivity index (χ3v) is 5.37. The van der Waals surface area contributed by atoms with Crippen LogP contribution >= 0.6 is 0 Å². The zero-order valence-electron chi connectivity index (χ0n) is 12.9. The number of benzene rings is 1. The lowest BCUT2D eigenvalue weighted by molar-refractivity contribution is -0.0123. The fourth-order valence-electron chi connectivity index (χ4n) is 4.46. The van der Waals surface area contributed by atoms with Crippen molar-refractivity contribution >= 4 is 0 Å². The van der Waals surface area contributed by atoms with Gasteiger partial charge in [-0.05, 0) is 44.7 Å². The van der Waals surface area contributed by atoms with Crippen LogP contribution in [0.1, 0.15) is 57.1 Å². The maximum atomic E-state index is 3.52. The number of rotatable bonds is 4. The van der Waals surface area contributed by atoms with Crippen LogP contribution in [0.4, 0.5) is 0 Å². The van der Waals surface area contributed by atoms with Gasteiger partial charge in [0.15, 0.2) is 0 Å². The molecule has 110 valence electrons. The fraction of sp³-hybridized carbons (Fsp3) is 0.667. The minimum atomic E-state index is 0.615. The van der Waals surface area contributed by atoms with E-state index in [1.165, 1.54) is 44.1 Å². The summed E-state index contributed by atoms with van der Waals surface area (Å²) in [5.74, 6) is 0. The van der Waals surface area contributed by atoms with Gasteiger partial charge in [-0.15, -0.1) is 0 Å². The predicted octanol–water partition coefficient (Wildman–Crippen LogP) is 3.74. The topological polar surface area (TPSA) is 15.3 Å². The Morgan fingerprint density at radius 1 is 1.15 bits per heavy atom. The number of nitrogens with zero attached hydrogens (tertiary/aromatic N) is 1. The Morgan fingerprint density at radius 2 is 1.80 bits per heavy atom. The van der Waals surface area contributed by atoms with E-state index in [4.69, 9.17) is 0 Å². The molecular formula is C18H28N2. The average Bonchev–Trinajstić information content (AvgIpc) is 2.48. The molecular weight excluding hydrogens is 244 g/mol. The standard InChI is InChI=1S/C18H28N2/c1-3-18(14-8-5-4-6-9-14)20-16-10-7-11-17(20)13-15(12-16)19-2/h4-6,8-9,15-19H,3,7,10-13H2,1-2H3. The Morgan fingerprint density at radius 3 is 2.35 bits per heavy atom. The fourth-order valence-corrected chi connectivity index (χ4v) is 4.46. The summed E-state index contributed by atoms with van der Waals surface area (Å²) in [4.78, 5) is 2.87. The quantitative estimate of drug-likeness (QED) is 0.898. The first-order valence-corrected chi connectivity index (χ1v) is 8.33. The molecule has 0 radical (unpaired) electrons. The monoisotopic (exact) mass is 272 g/mol. The molecule has 2 bridgehead atoms. The van der Waals surface area contributed by atoms with Crippen molar-refractivity contribution in [2.45, 2.75) is 69.6 Å². The first-order chi connectivity index (χ1) is 9.83. The van der Waals surface area contributed by atoms with Crippen LogP contribution in [0, 0.1) is 0 Å². The Kier molecular flexibility index (Phi) is 4.42. The number of hydrogen-bond donors (Lipinski definition) is 1. The molecule has 3 unspecified atom stereocenters. The van der Waals surface area contributed by atoms with Gasteiger partial charge in [0.25, 0.3) is 0 Å². The van der Waals surface area contributed by atoms with Crippen molar-refractivity contribution in [2.24, 2.45) is 0 Å². The lowest BCUT2D eigenvalue weighted by Crippen LogP contribution is -2.56. The number of nitrogens with one attached hydrogen (secondary N) is 1. The molecule has 3 atom stereocenters. The summed E-state index contributed by atoms with van der Waals surface area (Å²) in [6.07, 6.45) is 8.08. The summed E-state index contributed by atoms with van der Waals surface area (Å²) < 4.78 is 0.